The van der Waals surface area contributed by atoms with Crippen molar-refractivity contribution in [1.29, 1.82) is 0 Å². The highest BCUT2D eigenvalue weighted by Crippen LogP contribution is 2.23. The molecule has 0 amide bonds. The molecular weight excluding hydrogens is 540 g/mol. The summed E-state index contributed by atoms with van der Waals surface area (Å²) in [6, 6.07) is 11.3. The van der Waals surface area contributed by atoms with Crippen molar-refractivity contribution in [3.8, 4) is 11.5 Å². The fourth-order valence-electron chi connectivity index (χ4n) is 2.09. The molecule has 0 unspecified atom stereocenters. The van der Waals surface area contributed by atoms with Crippen LogP contribution in [0.5, 0.6) is 11.5 Å². The Morgan fingerprint density at radius 1 is 1.03 bits per heavy atom. The molecular formula is C17H20F3IN4O4S. The highest BCUT2D eigenvalue weighted by atomic mass is 127. The highest BCUT2D eigenvalue weighted by molar-refractivity contribution is 14.0. The van der Waals surface area contributed by atoms with Crippen LogP contribution < -0.4 is 25.2 Å². The Labute approximate surface area is 188 Å². The Morgan fingerprint density at radius 2 is 1.57 bits per heavy atom. The van der Waals surface area contributed by atoms with E-state index < -0.39 is 16.4 Å². The van der Waals surface area contributed by atoms with E-state index in [0.717, 1.165) is 18.4 Å². The first-order valence-electron chi connectivity index (χ1n) is 8.13. The van der Waals surface area contributed by atoms with Gasteiger partial charge in [-0.3, -0.25) is 4.72 Å². The van der Waals surface area contributed by atoms with E-state index in [1.54, 1.807) is 24.3 Å². The number of nitrogens with one attached hydrogen (secondary N) is 2. The zero-order chi connectivity index (χ0) is 21.5. The van der Waals surface area contributed by atoms with Gasteiger partial charge in [-0.15, -0.1) is 37.1 Å². The Morgan fingerprint density at radius 3 is 2.10 bits per heavy atom. The van der Waals surface area contributed by atoms with Crippen LogP contribution >= 0.6 is 24.0 Å². The lowest BCUT2D eigenvalue weighted by Gasteiger charge is -2.10. The van der Waals surface area contributed by atoms with Gasteiger partial charge in [0.25, 0.3) is 0 Å². The summed E-state index contributed by atoms with van der Waals surface area (Å²) in [7, 11) is -3.34. The van der Waals surface area contributed by atoms with Gasteiger partial charge in [-0.1, -0.05) is 0 Å². The average molecular weight is 560 g/mol. The van der Waals surface area contributed by atoms with Gasteiger partial charge in [0, 0.05) is 11.4 Å². The standard InChI is InChI=1S/C17H19F3N4O4S.HI/c1-29(25,26)24-13-4-6-14(7-5-13)27-11-10-22-16(21)23-12-2-8-15(9-3-12)28-17(18,19)20;/h2-9,24H,10-11H2,1H3,(H3,21,22,23);1H. The van der Waals surface area contributed by atoms with Crippen molar-refractivity contribution in [2.45, 2.75) is 6.36 Å². The Kier molecular flexibility index (Phi) is 9.48. The summed E-state index contributed by atoms with van der Waals surface area (Å²) >= 11 is 0. The molecule has 0 heterocycles. The van der Waals surface area contributed by atoms with Gasteiger partial charge < -0.3 is 20.5 Å². The van der Waals surface area contributed by atoms with Crippen LogP contribution in [0.1, 0.15) is 0 Å². The second-order valence-electron chi connectivity index (χ2n) is 5.71. The smallest absolute Gasteiger partial charge is 0.492 e. The lowest BCUT2D eigenvalue weighted by Crippen LogP contribution is -2.23. The third-order valence-corrected chi connectivity index (χ3v) is 3.77. The van der Waals surface area contributed by atoms with Crippen LogP contribution in [0.15, 0.2) is 53.5 Å². The molecule has 0 aliphatic carbocycles. The highest BCUT2D eigenvalue weighted by Gasteiger charge is 2.30. The number of alkyl halides is 3. The number of rotatable bonds is 8. The van der Waals surface area contributed by atoms with Crippen LogP contribution in [0.2, 0.25) is 0 Å². The molecule has 0 aromatic heterocycles. The van der Waals surface area contributed by atoms with Gasteiger partial charge in [0.2, 0.25) is 10.0 Å². The summed E-state index contributed by atoms with van der Waals surface area (Å²) in [4.78, 5) is 4.04. The lowest BCUT2D eigenvalue weighted by molar-refractivity contribution is -0.274. The third kappa shape index (κ3) is 10.4. The topological polar surface area (TPSA) is 115 Å². The Balaban J connectivity index is 0.00000450. The van der Waals surface area contributed by atoms with E-state index in [-0.39, 0.29) is 48.8 Å². The van der Waals surface area contributed by atoms with Gasteiger partial charge >= 0.3 is 6.36 Å². The summed E-state index contributed by atoms with van der Waals surface area (Å²) < 4.78 is 70.2. The molecule has 2 rings (SSSR count). The third-order valence-electron chi connectivity index (χ3n) is 3.16. The minimum atomic E-state index is -4.75. The second-order valence-corrected chi connectivity index (χ2v) is 7.46. The SMILES string of the molecule is CS(=O)(=O)Nc1ccc(OCCN=C(N)Nc2ccc(OC(F)(F)F)cc2)cc1.I. The van der Waals surface area contributed by atoms with E-state index >= 15 is 0 Å². The van der Waals surface area contributed by atoms with E-state index in [1.165, 1.54) is 12.1 Å². The maximum Gasteiger partial charge on any atom is 0.573 e. The maximum atomic E-state index is 12.1. The number of hydrogen-bond donors (Lipinski definition) is 3. The van der Waals surface area contributed by atoms with Crippen molar-refractivity contribution in [2.24, 2.45) is 10.7 Å². The van der Waals surface area contributed by atoms with Gasteiger partial charge in [-0.25, -0.2) is 13.4 Å². The fraction of sp³-hybridized carbons (Fsp3) is 0.235. The molecule has 4 N–H and O–H groups in total. The summed E-state index contributed by atoms with van der Waals surface area (Å²) in [5.41, 5.74) is 6.57. The summed E-state index contributed by atoms with van der Waals surface area (Å²) in [6.45, 7) is 0.428. The largest absolute Gasteiger partial charge is 0.573 e. The normalized spacial score (nSPS) is 11.9. The molecule has 30 heavy (non-hydrogen) atoms. The zero-order valence-electron chi connectivity index (χ0n) is 15.6. The van der Waals surface area contributed by atoms with Gasteiger partial charge in [-0.2, -0.15) is 0 Å². The van der Waals surface area contributed by atoms with Crippen LogP contribution in [0.4, 0.5) is 24.5 Å². The minimum absolute atomic E-state index is 0. The lowest BCUT2D eigenvalue weighted by atomic mass is 10.3. The first kappa shape index (κ1) is 25.6. The number of nitrogens with zero attached hydrogens (tertiary/aromatic N) is 1. The molecule has 0 atom stereocenters. The number of ether oxygens (including phenoxy) is 2. The molecule has 166 valence electrons. The number of anilines is 2. The van der Waals surface area contributed by atoms with Crippen LogP contribution in [0.25, 0.3) is 0 Å². The molecule has 0 saturated heterocycles. The summed E-state index contributed by atoms with van der Waals surface area (Å²) in [5, 5.41) is 2.73. The van der Waals surface area contributed by atoms with Crippen LogP contribution in [0.3, 0.4) is 0 Å². The first-order valence-corrected chi connectivity index (χ1v) is 10.0. The predicted octanol–water partition coefficient (Wildman–Crippen LogP) is 3.38. The molecule has 0 aliphatic rings. The maximum absolute atomic E-state index is 12.1. The molecule has 13 heteroatoms. The number of hydrogen-bond acceptors (Lipinski definition) is 5. The van der Waals surface area contributed by atoms with Crippen molar-refractivity contribution >= 4 is 51.3 Å². The van der Waals surface area contributed by atoms with Crippen LogP contribution in [-0.2, 0) is 10.0 Å². The van der Waals surface area contributed by atoms with E-state index in [9.17, 15) is 21.6 Å². The molecule has 0 fully saturated rings. The quantitative estimate of drug-likeness (QED) is 0.198. The number of benzene rings is 2. The molecule has 8 nitrogen and oxygen atoms in total. The first-order chi connectivity index (χ1) is 13.5. The van der Waals surface area contributed by atoms with Gasteiger partial charge in [0.05, 0.1) is 12.8 Å². The monoisotopic (exact) mass is 560 g/mol. The molecule has 2 aromatic rings. The number of guanidine groups is 1. The fourth-order valence-corrected chi connectivity index (χ4v) is 2.65. The minimum Gasteiger partial charge on any atom is -0.492 e. The second kappa shape index (κ2) is 11.1. The number of aliphatic imine (C=N–C) groups is 1. The molecule has 0 saturated carbocycles. The van der Waals surface area contributed by atoms with Crippen molar-refractivity contribution in [1.82, 2.24) is 0 Å². The number of nitrogens with two attached hydrogens (primary N) is 1. The van der Waals surface area contributed by atoms with Crippen molar-refractivity contribution < 1.29 is 31.1 Å². The van der Waals surface area contributed by atoms with Crippen molar-refractivity contribution in [3.63, 3.8) is 0 Å². The van der Waals surface area contributed by atoms with E-state index in [2.05, 4.69) is 19.8 Å². The van der Waals surface area contributed by atoms with E-state index in [4.69, 9.17) is 10.5 Å². The Hall–Kier alpha value is -2.42. The van der Waals surface area contributed by atoms with Gasteiger partial charge in [-0.05, 0) is 48.5 Å². The molecule has 0 aliphatic heterocycles. The van der Waals surface area contributed by atoms with Crippen molar-refractivity contribution in [3.05, 3.63) is 48.5 Å². The van der Waals surface area contributed by atoms with E-state index in [0.29, 0.717) is 17.1 Å². The van der Waals surface area contributed by atoms with Crippen molar-refractivity contribution in [2.75, 3.05) is 29.4 Å². The number of halogens is 4. The van der Waals surface area contributed by atoms with Gasteiger partial charge in [0.15, 0.2) is 5.96 Å². The van der Waals surface area contributed by atoms with E-state index in [1.807, 2.05) is 0 Å². The molecule has 0 bridgehead atoms. The summed E-state index contributed by atoms with van der Waals surface area (Å²) in [6.07, 6.45) is -3.70. The Bertz CT molecular complexity index is 937. The number of sulfonamides is 1. The van der Waals surface area contributed by atoms with Gasteiger partial charge in [0.1, 0.15) is 18.1 Å². The molecule has 2 aromatic carbocycles. The molecule has 0 spiro atoms. The summed E-state index contributed by atoms with van der Waals surface area (Å²) in [5.74, 6) is 0.238. The molecule has 0 radical (unpaired) electrons. The predicted molar refractivity (Wildman–Crippen MR) is 119 cm³/mol. The van der Waals surface area contributed by atoms with Crippen LogP contribution in [0, 0.1) is 0 Å². The average Bonchev–Trinajstić information content (AvgIpc) is 2.59. The zero-order valence-corrected chi connectivity index (χ0v) is 18.8. The van der Waals surface area contributed by atoms with Crippen LogP contribution in [-0.4, -0.2) is 40.1 Å².